The van der Waals surface area contributed by atoms with E-state index in [9.17, 15) is 4.79 Å². The van der Waals surface area contributed by atoms with Gasteiger partial charge in [-0.1, -0.05) is 17.4 Å². The molecule has 3 aromatic heterocycles. The van der Waals surface area contributed by atoms with Crippen molar-refractivity contribution in [2.45, 2.75) is 0 Å². The van der Waals surface area contributed by atoms with Gasteiger partial charge in [0.1, 0.15) is 5.01 Å². The van der Waals surface area contributed by atoms with Gasteiger partial charge in [-0.15, -0.1) is 21.5 Å². The molecule has 3 heterocycles. The first-order valence-corrected chi connectivity index (χ1v) is 7.51. The molecule has 7 heteroatoms. The van der Waals surface area contributed by atoms with Crippen LogP contribution in [0.3, 0.4) is 0 Å². The normalized spacial score (nSPS) is 10.4. The summed E-state index contributed by atoms with van der Waals surface area (Å²) in [6.07, 6.45) is 3.41. The van der Waals surface area contributed by atoms with Crippen LogP contribution in [0.25, 0.3) is 10.6 Å². The second kappa shape index (κ2) is 5.48. The van der Waals surface area contributed by atoms with Gasteiger partial charge in [0.15, 0.2) is 0 Å². The lowest BCUT2D eigenvalue weighted by atomic mass is 10.3. The highest BCUT2D eigenvalue weighted by Gasteiger charge is 2.18. The molecule has 0 aliphatic heterocycles. The van der Waals surface area contributed by atoms with Gasteiger partial charge in [-0.2, -0.15) is 0 Å². The fourth-order valence-electron chi connectivity index (χ4n) is 1.61. The Hall–Kier alpha value is -2.12. The molecule has 0 aromatic carbocycles. The van der Waals surface area contributed by atoms with E-state index in [2.05, 4.69) is 15.2 Å². The zero-order valence-electron chi connectivity index (χ0n) is 10.6. The molecular formula is C13H10N4OS2. The maximum absolute atomic E-state index is 12.2. The summed E-state index contributed by atoms with van der Waals surface area (Å²) >= 11 is 2.79. The molecule has 0 fully saturated rings. The summed E-state index contributed by atoms with van der Waals surface area (Å²) in [7, 11) is 1.71. The van der Waals surface area contributed by atoms with Crippen LogP contribution in [0.2, 0.25) is 0 Å². The molecule has 0 radical (unpaired) electrons. The van der Waals surface area contributed by atoms with Crippen molar-refractivity contribution in [2.24, 2.45) is 0 Å². The Balaban J connectivity index is 1.85. The number of nitrogens with zero attached hydrogens (tertiary/aromatic N) is 4. The minimum Gasteiger partial charge on any atom is -0.285 e. The van der Waals surface area contributed by atoms with Crippen LogP contribution in [0.15, 0.2) is 42.0 Å². The molecule has 20 heavy (non-hydrogen) atoms. The van der Waals surface area contributed by atoms with E-state index in [1.165, 1.54) is 27.6 Å². The maximum atomic E-state index is 12.2. The largest absolute Gasteiger partial charge is 0.285 e. The maximum Gasteiger partial charge on any atom is 0.269 e. The molecule has 5 nitrogen and oxygen atoms in total. The van der Waals surface area contributed by atoms with Gasteiger partial charge in [-0.3, -0.25) is 14.7 Å². The van der Waals surface area contributed by atoms with Crippen LogP contribution in [0.1, 0.15) is 9.67 Å². The van der Waals surface area contributed by atoms with E-state index in [-0.39, 0.29) is 5.91 Å². The lowest BCUT2D eigenvalue weighted by molar-refractivity contribution is 0.0996. The van der Waals surface area contributed by atoms with Crippen LogP contribution in [0.5, 0.6) is 0 Å². The Morgan fingerprint density at radius 3 is 2.70 bits per heavy atom. The zero-order valence-corrected chi connectivity index (χ0v) is 12.2. The van der Waals surface area contributed by atoms with Gasteiger partial charge in [0.25, 0.3) is 5.91 Å². The first kappa shape index (κ1) is 12.9. The summed E-state index contributed by atoms with van der Waals surface area (Å²) in [6, 6.07) is 7.39. The van der Waals surface area contributed by atoms with Crippen molar-refractivity contribution in [3.05, 3.63) is 46.9 Å². The van der Waals surface area contributed by atoms with Gasteiger partial charge in [0.2, 0.25) is 5.13 Å². The molecule has 0 atom stereocenters. The van der Waals surface area contributed by atoms with Crippen LogP contribution < -0.4 is 4.90 Å². The molecule has 3 aromatic rings. The Morgan fingerprint density at radius 2 is 2.00 bits per heavy atom. The highest BCUT2D eigenvalue weighted by Crippen LogP contribution is 2.28. The molecule has 0 unspecified atom stereocenters. The van der Waals surface area contributed by atoms with Crippen LogP contribution in [0.4, 0.5) is 5.13 Å². The van der Waals surface area contributed by atoms with E-state index in [0.717, 1.165) is 10.6 Å². The number of thiophene rings is 1. The molecule has 3 rings (SSSR count). The van der Waals surface area contributed by atoms with Gasteiger partial charge in [0.05, 0.1) is 4.88 Å². The summed E-state index contributed by atoms with van der Waals surface area (Å²) in [5.41, 5.74) is 0.945. The van der Waals surface area contributed by atoms with Crippen molar-refractivity contribution in [3.63, 3.8) is 0 Å². The number of hydrogen-bond acceptors (Lipinski definition) is 6. The van der Waals surface area contributed by atoms with Crippen LogP contribution in [0, 0.1) is 0 Å². The van der Waals surface area contributed by atoms with E-state index in [0.29, 0.717) is 10.0 Å². The molecule has 0 aliphatic rings. The van der Waals surface area contributed by atoms with Crippen molar-refractivity contribution >= 4 is 33.7 Å². The monoisotopic (exact) mass is 302 g/mol. The average Bonchev–Trinajstić information content (AvgIpc) is 3.18. The lowest BCUT2D eigenvalue weighted by Gasteiger charge is -2.11. The smallest absolute Gasteiger partial charge is 0.269 e. The van der Waals surface area contributed by atoms with E-state index in [1.807, 2.05) is 23.6 Å². The van der Waals surface area contributed by atoms with Crippen molar-refractivity contribution in [2.75, 3.05) is 11.9 Å². The summed E-state index contributed by atoms with van der Waals surface area (Å²) in [5, 5.41) is 11.4. The topological polar surface area (TPSA) is 59.0 Å². The predicted octanol–water partition coefficient (Wildman–Crippen LogP) is 2.94. The van der Waals surface area contributed by atoms with Gasteiger partial charge < -0.3 is 0 Å². The highest BCUT2D eigenvalue weighted by molar-refractivity contribution is 7.18. The fourth-order valence-corrected chi connectivity index (χ4v) is 3.12. The molecular weight excluding hydrogens is 292 g/mol. The van der Waals surface area contributed by atoms with E-state index in [4.69, 9.17) is 0 Å². The molecule has 0 bridgehead atoms. The highest BCUT2D eigenvalue weighted by atomic mass is 32.1. The molecule has 0 aliphatic carbocycles. The van der Waals surface area contributed by atoms with Gasteiger partial charge in [0, 0.05) is 25.0 Å². The van der Waals surface area contributed by atoms with Gasteiger partial charge >= 0.3 is 0 Å². The molecule has 0 spiro atoms. The zero-order chi connectivity index (χ0) is 13.9. The summed E-state index contributed by atoms with van der Waals surface area (Å²) < 4.78 is 0. The number of carbonyl (C=O) groups excluding carboxylic acids is 1. The molecule has 0 saturated carbocycles. The van der Waals surface area contributed by atoms with Crippen LogP contribution in [-0.4, -0.2) is 28.1 Å². The number of hydrogen-bond donors (Lipinski definition) is 0. The van der Waals surface area contributed by atoms with Crippen molar-refractivity contribution in [1.82, 2.24) is 15.2 Å². The van der Waals surface area contributed by atoms with Gasteiger partial charge in [-0.05, 0) is 23.6 Å². The van der Waals surface area contributed by atoms with Crippen molar-refractivity contribution in [3.8, 4) is 10.6 Å². The first-order chi connectivity index (χ1) is 9.75. The molecule has 0 N–H and O–H groups in total. The third-order valence-electron chi connectivity index (χ3n) is 2.67. The Labute approximate surface area is 123 Å². The second-order valence-corrected chi connectivity index (χ2v) is 5.87. The number of rotatable bonds is 3. The number of aromatic nitrogens is 3. The molecule has 0 saturated heterocycles. The minimum absolute atomic E-state index is 0.0718. The molecule has 100 valence electrons. The third-order valence-corrected chi connectivity index (χ3v) is 4.57. The van der Waals surface area contributed by atoms with E-state index >= 15 is 0 Å². The Bertz CT molecular complexity index is 709. The fraction of sp³-hybridized carbons (Fsp3) is 0.0769. The van der Waals surface area contributed by atoms with Crippen molar-refractivity contribution in [1.29, 1.82) is 0 Å². The second-order valence-electron chi connectivity index (χ2n) is 3.97. The quantitative estimate of drug-likeness (QED) is 0.746. The lowest BCUT2D eigenvalue weighted by Crippen LogP contribution is -2.25. The van der Waals surface area contributed by atoms with E-state index in [1.54, 1.807) is 25.5 Å². The number of anilines is 1. The Morgan fingerprint density at radius 1 is 1.20 bits per heavy atom. The average molecular weight is 302 g/mol. The van der Waals surface area contributed by atoms with E-state index < -0.39 is 0 Å². The minimum atomic E-state index is -0.0718. The van der Waals surface area contributed by atoms with Crippen LogP contribution >= 0.6 is 22.7 Å². The molecule has 1 amide bonds. The van der Waals surface area contributed by atoms with Gasteiger partial charge in [-0.25, -0.2) is 0 Å². The van der Waals surface area contributed by atoms with Crippen LogP contribution in [-0.2, 0) is 0 Å². The Kier molecular flexibility index (Phi) is 3.53. The number of carbonyl (C=O) groups is 1. The standard InChI is InChI=1S/C13H10N4OS2/c1-17(12(18)10-3-2-8-19-10)13-16-15-11(20-13)9-4-6-14-7-5-9/h2-8H,1H3. The summed E-state index contributed by atoms with van der Waals surface area (Å²) in [5.74, 6) is -0.0718. The van der Waals surface area contributed by atoms with Crippen molar-refractivity contribution < 1.29 is 4.79 Å². The number of pyridine rings is 1. The predicted molar refractivity (Wildman–Crippen MR) is 80.2 cm³/mol. The first-order valence-electron chi connectivity index (χ1n) is 5.81. The summed E-state index contributed by atoms with van der Waals surface area (Å²) in [6.45, 7) is 0. The summed E-state index contributed by atoms with van der Waals surface area (Å²) in [4.78, 5) is 18.4. The SMILES string of the molecule is CN(C(=O)c1cccs1)c1nnc(-c2ccncc2)s1. The number of amides is 1. The third kappa shape index (κ3) is 2.45.